The standard InChI is InChI=1S/C13H16BrNO3S/c1-13(2,3)15-10(16)6-7(12(17)18)11(15)8-4-5-9(14)19-8/h4-5,7,11H,6H2,1-3H3,(H,17,18). The van der Waals surface area contributed by atoms with Crippen LogP contribution in [0.3, 0.4) is 0 Å². The first-order chi connectivity index (χ1) is 8.71. The summed E-state index contributed by atoms with van der Waals surface area (Å²) in [6.07, 6.45) is 0.0762. The van der Waals surface area contributed by atoms with Crippen LogP contribution in [0.5, 0.6) is 0 Å². The number of likely N-dealkylation sites (tertiary alicyclic amines) is 1. The normalized spacial score (nSPS) is 24.0. The van der Waals surface area contributed by atoms with Crippen molar-refractivity contribution >= 4 is 39.1 Å². The predicted octanol–water partition coefficient (Wildman–Crippen LogP) is 3.28. The van der Waals surface area contributed by atoms with Gasteiger partial charge in [0.1, 0.15) is 0 Å². The van der Waals surface area contributed by atoms with Gasteiger partial charge in [0.15, 0.2) is 0 Å². The highest BCUT2D eigenvalue weighted by molar-refractivity contribution is 9.11. The molecule has 104 valence electrons. The van der Waals surface area contributed by atoms with Gasteiger partial charge in [-0.3, -0.25) is 9.59 Å². The van der Waals surface area contributed by atoms with Crippen molar-refractivity contribution in [3.63, 3.8) is 0 Å². The quantitative estimate of drug-likeness (QED) is 0.894. The number of carbonyl (C=O) groups excluding carboxylic acids is 1. The van der Waals surface area contributed by atoms with Crippen LogP contribution in [0.15, 0.2) is 15.9 Å². The van der Waals surface area contributed by atoms with Crippen molar-refractivity contribution < 1.29 is 14.7 Å². The first-order valence-corrected chi connectivity index (χ1v) is 7.63. The summed E-state index contributed by atoms with van der Waals surface area (Å²) in [4.78, 5) is 26.2. The summed E-state index contributed by atoms with van der Waals surface area (Å²) in [7, 11) is 0. The smallest absolute Gasteiger partial charge is 0.309 e. The Morgan fingerprint density at radius 3 is 2.53 bits per heavy atom. The molecule has 2 heterocycles. The summed E-state index contributed by atoms with van der Waals surface area (Å²) in [5.41, 5.74) is -0.386. The van der Waals surface area contributed by atoms with E-state index in [1.54, 1.807) is 4.90 Å². The largest absolute Gasteiger partial charge is 0.481 e. The summed E-state index contributed by atoms with van der Waals surface area (Å²) >= 11 is 4.88. The third-order valence-electron chi connectivity index (χ3n) is 3.25. The molecule has 1 N–H and O–H groups in total. The molecule has 2 unspecified atom stereocenters. The minimum Gasteiger partial charge on any atom is -0.481 e. The minimum atomic E-state index is -0.908. The Kier molecular flexibility index (Phi) is 3.75. The number of hydrogen-bond donors (Lipinski definition) is 1. The van der Waals surface area contributed by atoms with Crippen LogP contribution in [0.1, 0.15) is 38.1 Å². The molecule has 2 atom stereocenters. The van der Waals surface area contributed by atoms with Crippen LogP contribution in [-0.2, 0) is 9.59 Å². The van der Waals surface area contributed by atoms with Crippen molar-refractivity contribution in [2.24, 2.45) is 5.92 Å². The summed E-state index contributed by atoms with van der Waals surface area (Å²) < 4.78 is 0.944. The van der Waals surface area contributed by atoms with Crippen molar-refractivity contribution in [2.45, 2.75) is 38.8 Å². The van der Waals surface area contributed by atoms with Crippen LogP contribution >= 0.6 is 27.3 Å². The molecule has 0 bridgehead atoms. The fraction of sp³-hybridized carbons (Fsp3) is 0.538. The lowest BCUT2D eigenvalue weighted by molar-refractivity contribution is -0.142. The van der Waals surface area contributed by atoms with Gasteiger partial charge < -0.3 is 10.0 Å². The first kappa shape index (κ1) is 14.5. The number of carbonyl (C=O) groups is 2. The molecule has 1 aromatic rings. The van der Waals surface area contributed by atoms with E-state index in [9.17, 15) is 14.7 Å². The van der Waals surface area contributed by atoms with E-state index in [1.807, 2.05) is 32.9 Å². The van der Waals surface area contributed by atoms with E-state index in [1.165, 1.54) is 11.3 Å². The summed E-state index contributed by atoms with van der Waals surface area (Å²) in [6.45, 7) is 5.81. The van der Waals surface area contributed by atoms with Gasteiger partial charge in [-0.2, -0.15) is 0 Å². The van der Waals surface area contributed by atoms with Gasteiger partial charge in [-0.05, 0) is 48.8 Å². The predicted molar refractivity (Wildman–Crippen MR) is 77.1 cm³/mol. The van der Waals surface area contributed by atoms with Crippen molar-refractivity contribution in [3.8, 4) is 0 Å². The topological polar surface area (TPSA) is 57.6 Å². The number of halogens is 1. The zero-order chi connectivity index (χ0) is 14.4. The summed E-state index contributed by atoms with van der Waals surface area (Å²) in [5.74, 6) is -1.67. The molecule has 0 radical (unpaired) electrons. The van der Waals surface area contributed by atoms with Crippen molar-refractivity contribution in [2.75, 3.05) is 0 Å². The lowest BCUT2D eigenvalue weighted by Crippen LogP contribution is -2.44. The second-order valence-corrected chi connectivity index (χ2v) is 8.16. The maximum atomic E-state index is 12.2. The molecular weight excluding hydrogens is 330 g/mol. The fourth-order valence-corrected chi connectivity index (χ4v) is 4.14. The van der Waals surface area contributed by atoms with E-state index < -0.39 is 11.9 Å². The number of thiophene rings is 1. The Bertz CT molecular complexity index is 520. The van der Waals surface area contributed by atoms with Gasteiger partial charge in [-0.15, -0.1) is 11.3 Å². The van der Waals surface area contributed by atoms with Crippen LogP contribution < -0.4 is 0 Å². The highest BCUT2D eigenvalue weighted by Crippen LogP contribution is 2.45. The third-order valence-corrected chi connectivity index (χ3v) is 4.94. The fourth-order valence-electron chi connectivity index (χ4n) is 2.56. The molecule has 0 aromatic carbocycles. The Balaban J connectivity index is 2.47. The molecule has 1 aliphatic heterocycles. The molecule has 4 nitrogen and oxygen atoms in total. The first-order valence-electron chi connectivity index (χ1n) is 6.02. The summed E-state index contributed by atoms with van der Waals surface area (Å²) in [6, 6.07) is 3.41. The highest BCUT2D eigenvalue weighted by Gasteiger charge is 2.49. The summed E-state index contributed by atoms with van der Waals surface area (Å²) in [5, 5.41) is 9.37. The molecule has 0 saturated carbocycles. The molecule has 1 saturated heterocycles. The Hall–Kier alpha value is -0.880. The molecule has 19 heavy (non-hydrogen) atoms. The SMILES string of the molecule is CC(C)(C)N1C(=O)CC(C(=O)O)C1c1ccc(Br)s1. The van der Waals surface area contributed by atoms with E-state index in [4.69, 9.17) is 0 Å². The number of carboxylic acid groups (broad SMARTS) is 1. The van der Waals surface area contributed by atoms with Gasteiger partial charge in [0, 0.05) is 16.8 Å². The molecule has 1 fully saturated rings. The Morgan fingerprint density at radius 2 is 2.11 bits per heavy atom. The maximum absolute atomic E-state index is 12.2. The van der Waals surface area contributed by atoms with Crippen LogP contribution in [0.2, 0.25) is 0 Å². The minimum absolute atomic E-state index is 0.0762. The third kappa shape index (κ3) is 2.69. The van der Waals surface area contributed by atoms with E-state index in [0.29, 0.717) is 0 Å². The molecule has 6 heteroatoms. The monoisotopic (exact) mass is 345 g/mol. The molecule has 2 rings (SSSR count). The Morgan fingerprint density at radius 1 is 1.47 bits per heavy atom. The highest BCUT2D eigenvalue weighted by atomic mass is 79.9. The van der Waals surface area contributed by atoms with Gasteiger partial charge in [-0.25, -0.2) is 0 Å². The van der Waals surface area contributed by atoms with Crippen molar-refractivity contribution in [3.05, 3.63) is 20.8 Å². The zero-order valence-corrected chi connectivity index (χ0v) is 13.4. The lowest BCUT2D eigenvalue weighted by Gasteiger charge is -2.37. The van der Waals surface area contributed by atoms with Gasteiger partial charge in [-0.1, -0.05) is 0 Å². The van der Waals surface area contributed by atoms with Gasteiger partial charge >= 0.3 is 5.97 Å². The van der Waals surface area contributed by atoms with E-state index in [0.717, 1.165) is 8.66 Å². The second kappa shape index (κ2) is 4.90. The average Bonchev–Trinajstić information content (AvgIpc) is 2.80. The second-order valence-electron chi connectivity index (χ2n) is 5.67. The van der Waals surface area contributed by atoms with Gasteiger partial charge in [0.2, 0.25) is 5.91 Å². The number of hydrogen-bond acceptors (Lipinski definition) is 3. The number of nitrogens with zero attached hydrogens (tertiary/aromatic N) is 1. The van der Waals surface area contributed by atoms with Gasteiger partial charge in [0.25, 0.3) is 0 Å². The van der Waals surface area contributed by atoms with E-state index in [2.05, 4.69) is 15.9 Å². The molecule has 1 amide bonds. The Labute approximate surface area is 124 Å². The molecular formula is C13H16BrNO3S. The van der Waals surface area contributed by atoms with E-state index >= 15 is 0 Å². The van der Waals surface area contributed by atoms with E-state index in [-0.39, 0.29) is 23.9 Å². The molecule has 0 aliphatic carbocycles. The number of carboxylic acids is 1. The van der Waals surface area contributed by atoms with Crippen molar-refractivity contribution in [1.29, 1.82) is 0 Å². The lowest BCUT2D eigenvalue weighted by atomic mass is 9.96. The molecule has 0 spiro atoms. The number of aliphatic carboxylic acids is 1. The molecule has 1 aromatic heterocycles. The zero-order valence-electron chi connectivity index (χ0n) is 11.0. The van der Waals surface area contributed by atoms with Crippen molar-refractivity contribution in [1.82, 2.24) is 4.90 Å². The van der Waals surface area contributed by atoms with Gasteiger partial charge in [0.05, 0.1) is 15.7 Å². The van der Waals surface area contributed by atoms with Crippen LogP contribution in [0, 0.1) is 5.92 Å². The van der Waals surface area contributed by atoms with Crippen LogP contribution in [0.25, 0.3) is 0 Å². The van der Waals surface area contributed by atoms with Crippen LogP contribution in [-0.4, -0.2) is 27.4 Å². The molecule has 1 aliphatic rings. The number of rotatable bonds is 2. The average molecular weight is 346 g/mol. The van der Waals surface area contributed by atoms with Crippen LogP contribution in [0.4, 0.5) is 0 Å². The number of amides is 1. The maximum Gasteiger partial charge on any atom is 0.309 e.